The van der Waals surface area contributed by atoms with Crippen LogP contribution in [-0.2, 0) is 25.5 Å². The molecule has 0 atom stereocenters. The second-order valence-corrected chi connectivity index (χ2v) is 6.72. The molecule has 0 aliphatic rings. The van der Waals surface area contributed by atoms with Crippen LogP contribution in [0.2, 0.25) is 0 Å². The van der Waals surface area contributed by atoms with Crippen LogP contribution in [-0.4, -0.2) is 25.2 Å². The average Bonchev–Trinajstić information content (AvgIpc) is 2.62. The molecule has 0 unspecified atom stereocenters. The van der Waals surface area contributed by atoms with Gasteiger partial charge in [0.15, 0.2) is 0 Å². The first-order valence-corrected chi connectivity index (χ1v) is 9.00. The van der Waals surface area contributed by atoms with Crippen molar-refractivity contribution in [1.82, 2.24) is 0 Å². The first-order valence-electron chi connectivity index (χ1n) is 9.00. The molecule has 0 aliphatic carbocycles. The fraction of sp³-hybridized carbons (Fsp3) is 0.524. The van der Waals surface area contributed by atoms with Crippen molar-refractivity contribution < 1.29 is 19.1 Å². The molecule has 0 amide bonds. The quantitative estimate of drug-likeness (QED) is 0.354. The number of rotatable bonds is 10. The number of hydrogen-bond donors (Lipinski definition) is 0. The molecule has 0 radical (unpaired) electrons. The van der Waals surface area contributed by atoms with Crippen molar-refractivity contribution in [2.24, 2.45) is 5.41 Å². The van der Waals surface area contributed by atoms with Gasteiger partial charge in [0.2, 0.25) is 0 Å². The highest BCUT2D eigenvalue weighted by molar-refractivity contribution is 5.87. The van der Waals surface area contributed by atoms with Crippen LogP contribution in [0.5, 0.6) is 0 Å². The van der Waals surface area contributed by atoms with Crippen LogP contribution in [0.25, 0.3) is 6.08 Å². The molecule has 0 saturated heterocycles. The molecular formula is C21H30O4. The molecule has 0 saturated carbocycles. The van der Waals surface area contributed by atoms with E-state index in [1.165, 1.54) is 24.5 Å². The maximum absolute atomic E-state index is 11.8. The summed E-state index contributed by atoms with van der Waals surface area (Å²) in [5, 5.41) is 0. The number of unbranched alkanes of at least 4 members (excludes halogenated alkanes) is 1. The molecule has 0 fully saturated rings. The highest BCUT2D eigenvalue weighted by Crippen LogP contribution is 2.21. The predicted molar refractivity (Wildman–Crippen MR) is 100 cm³/mol. The van der Waals surface area contributed by atoms with Gasteiger partial charge < -0.3 is 9.47 Å². The number of carbonyl (C=O) groups excluding carboxylic acids is 2. The minimum Gasteiger partial charge on any atom is -0.462 e. The van der Waals surface area contributed by atoms with Crippen molar-refractivity contribution in [3.05, 3.63) is 41.5 Å². The van der Waals surface area contributed by atoms with E-state index in [1.807, 2.05) is 32.9 Å². The van der Waals surface area contributed by atoms with Crippen LogP contribution in [0.3, 0.4) is 0 Å². The second-order valence-electron chi connectivity index (χ2n) is 6.72. The maximum atomic E-state index is 11.8. The molecule has 0 heterocycles. The number of carbonyl (C=O) groups is 2. The SMILES string of the molecule is CCCCc1ccc(/C=C/C(=O)OCCOC(=O)C(C)(C)CC)cc1. The zero-order chi connectivity index (χ0) is 18.7. The molecule has 4 nitrogen and oxygen atoms in total. The summed E-state index contributed by atoms with van der Waals surface area (Å²) in [5.74, 6) is -0.717. The second kappa shape index (κ2) is 10.7. The molecule has 1 rings (SSSR count). The van der Waals surface area contributed by atoms with Gasteiger partial charge in [-0.15, -0.1) is 0 Å². The molecule has 1 aromatic carbocycles. The third-order valence-electron chi connectivity index (χ3n) is 4.21. The standard InChI is InChI=1S/C21H30O4/c1-5-7-8-17-9-11-18(12-10-17)13-14-19(22)24-15-16-25-20(23)21(3,4)6-2/h9-14H,5-8,15-16H2,1-4H3/b14-13+. The predicted octanol–water partition coefficient (Wildman–Crippen LogP) is 4.57. The van der Waals surface area contributed by atoms with E-state index >= 15 is 0 Å². The summed E-state index contributed by atoms with van der Waals surface area (Å²) in [4.78, 5) is 23.4. The number of hydrogen-bond acceptors (Lipinski definition) is 4. The van der Waals surface area contributed by atoms with Gasteiger partial charge in [0.05, 0.1) is 5.41 Å². The van der Waals surface area contributed by atoms with Crippen molar-refractivity contribution in [3.63, 3.8) is 0 Å². The summed E-state index contributed by atoms with van der Waals surface area (Å²) in [6.45, 7) is 7.91. The normalized spacial score (nSPS) is 11.5. The maximum Gasteiger partial charge on any atom is 0.330 e. The minimum absolute atomic E-state index is 0.0602. The first kappa shape index (κ1) is 20.9. The summed E-state index contributed by atoms with van der Waals surface area (Å²) in [6, 6.07) is 8.14. The van der Waals surface area contributed by atoms with Gasteiger partial charge in [0.25, 0.3) is 0 Å². The number of esters is 2. The topological polar surface area (TPSA) is 52.6 Å². The van der Waals surface area contributed by atoms with E-state index in [4.69, 9.17) is 9.47 Å². The van der Waals surface area contributed by atoms with Crippen LogP contribution in [0.4, 0.5) is 0 Å². The monoisotopic (exact) mass is 346 g/mol. The Morgan fingerprint density at radius 1 is 1.04 bits per heavy atom. The molecule has 0 N–H and O–H groups in total. The number of aryl methyl sites for hydroxylation is 1. The Hall–Kier alpha value is -2.10. The van der Waals surface area contributed by atoms with Crippen molar-refractivity contribution in [1.29, 1.82) is 0 Å². The molecule has 0 spiro atoms. The van der Waals surface area contributed by atoms with Gasteiger partial charge in [0, 0.05) is 6.08 Å². The number of ether oxygens (including phenoxy) is 2. The van der Waals surface area contributed by atoms with Gasteiger partial charge in [0.1, 0.15) is 13.2 Å². The van der Waals surface area contributed by atoms with Gasteiger partial charge in [-0.1, -0.05) is 44.5 Å². The van der Waals surface area contributed by atoms with E-state index in [0.717, 1.165) is 12.0 Å². The summed E-state index contributed by atoms with van der Waals surface area (Å²) >= 11 is 0. The molecule has 138 valence electrons. The van der Waals surface area contributed by atoms with Crippen molar-refractivity contribution in [2.45, 2.75) is 53.4 Å². The van der Waals surface area contributed by atoms with Crippen LogP contribution < -0.4 is 0 Å². The largest absolute Gasteiger partial charge is 0.462 e. The molecule has 1 aromatic rings. The van der Waals surface area contributed by atoms with E-state index < -0.39 is 11.4 Å². The molecular weight excluding hydrogens is 316 g/mol. The lowest BCUT2D eigenvalue weighted by atomic mass is 9.91. The summed E-state index contributed by atoms with van der Waals surface area (Å²) in [5.41, 5.74) is 1.75. The number of benzene rings is 1. The third kappa shape index (κ3) is 8.01. The van der Waals surface area contributed by atoms with E-state index in [0.29, 0.717) is 6.42 Å². The lowest BCUT2D eigenvalue weighted by Crippen LogP contribution is -2.27. The van der Waals surface area contributed by atoms with Crippen LogP contribution in [0.1, 0.15) is 58.1 Å². The van der Waals surface area contributed by atoms with Crippen molar-refractivity contribution >= 4 is 18.0 Å². The Morgan fingerprint density at radius 3 is 2.28 bits per heavy atom. The lowest BCUT2D eigenvalue weighted by molar-refractivity contribution is -0.157. The smallest absolute Gasteiger partial charge is 0.330 e. The third-order valence-corrected chi connectivity index (χ3v) is 4.21. The zero-order valence-electron chi connectivity index (χ0n) is 15.8. The fourth-order valence-corrected chi connectivity index (χ4v) is 2.01. The fourth-order valence-electron chi connectivity index (χ4n) is 2.01. The van der Waals surface area contributed by atoms with Crippen molar-refractivity contribution in [2.75, 3.05) is 13.2 Å². The first-order chi connectivity index (χ1) is 11.9. The molecule has 25 heavy (non-hydrogen) atoms. The van der Waals surface area contributed by atoms with Crippen molar-refractivity contribution in [3.8, 4) is 0 Å². The van der Waals surface area contributed by atoms with Crippen LogP contribution in [0.15, 0.2) is 30.3 Å². The van der Waals surface area contributed by atoms with E-state index in [-0.39, 0.29) is 19.2 Å². The van der Waals surface area contributed by atoms with E-state index in [2.05, 4.69) is 19.1 Å². The summed E-state index contributed by atoms with van der Waals surface area (Å²) < 4.78 is 10.2. The molecule has 4 heteroatoms. The lowest BCUT2D eigenvalue weighted by Gasteiger charge is -2.20. The van der Waals surface area contributed by atoms with Gasteiger partial charge in [-0.2, -0.15) is 0 Å². The van der Waals surface area contributed by atoms with Crippen LogP contribution in [0, 0.1) is 5.41 Å². The Labute approximate surface area is 151 Å². The highest BCUT2D eigenvalue weighted by Gasteiger charge is 2.26. The summed E-state index contributed by atoms with van der Waals surface area (Å²) in [6.07, 6.45) is 7.25. The highest BCUT2D eigenvalue weighted by atomic mass is 16.6. The van der Waals surface area contributed by atoms with E-state index in [1.54, 1.807) is 6.08 Å². The van der Waals surface area contributed by atoms with Gasteiger partial charge in [-0.05, 0) is 50.3 Å². The Bertz CT molecular complexity index is 570. The van der Waals surface area contributed by atoms with Gasteiger partial charge >= 0.3 is 11.9 Å². The van der Waals surface area contributed by atoms with E-state index in [9.17, 15) is 9.59 Å². The Morgan fingerprint density at radius 2 is 1.68 bits per heavy atom. The van der Waals surface area contributed by atoms with Gasteiger partial charge in [-0.25, -0.2) is 4.79 Å². The minimum atomic E-state index is -0.507. The average molecular weight is 346 g/mol. The zero-order valence-corrected chi connectivity index (χ0v) is 15.8. The molecule has 0 aliphatic heterocycles. The molecule has 0 bridgehead atoms. The summed E-state index contributed by atoms with van der Waals surface area (Å²) in [7, 11) is 0. The van der Waals surface area contributed by atoms with Crippen LogP contribution >= 0.6 is 0 Å². The molecule has 0 aromatic heterocycles. The Kier molecular flexibility index (Phi) is 8.96. The Balaban J connectivity index is 2.32. The van der Waals surface area contributed by atoms with Gasteiger partial charge in [-0.3, -0.25) is 4.79 Å².